The minimum Gasteiger partial charge on any atom is -0.488 e. The Labute approximate surface area is 128 Å². The van der Waals surface area contributed by atoms with Crippen molar-refractivity contribution in [3.63, 3.8) is 0 Å². The van der Waals surface area contributed by atoms with Gasteiger partial charge in [0.05, 0.1) is 6.54 Å². The molecule has 3 rings (SSSR count). The molecule has 0 fully saturated rings. The van der Waals surface area contributed by atoms with Gasteiger partial charge in [0.2, 0.25) is 0 Å². The SMILES string of the molecule is Clc1cc(Cl)cc(OC2CCc3ccccc3NC2)c1. The summed E-state index contributed by atoms with van der Waals surface area (Å²) < 4.78 is 6.00. The minimum atomic E-state index is 0.108. The Morgan fingerprint density at radius 1 is 1.05 bits per heavy atom. The van der Waals surface area contributed by atoms with Crippen LogP contribution in [0.3, 0.4) is 0 Å². The van der Waals surface area contributed by atoms with E-state index in [1.807, 2.05) is 6.07 Å². The van der Waals surface area contributed by atoms with Crippen molar-refractivity contribution in [1.29, 1.82) is 0 Å². The van der Waals surface area contributed by atoms with Crippen LogP contribution in [-0.4, -0.2) is 12.6 Å². The van der Waals surface area contributed by atoms with Gasteiger partial charge in [-0.25, -0.2) is 0 Å². The van der Waals surface area contributed by atoms with Gasteiger partial charge in [-0.1, -0.05) is 41.4 Å². The van der Waals surface area contributed by atoms with Crippen LogP contribution in [0, 0.1) is 0 Å². The van der Waals surface area contributed by atoms with Crippen molar-refractivity contribution in [1.82, 2.24) is 0 Å². The van der Waals surface area contributed by atoms with Crippen molar-refractivity contribution in [2.45, 2.75) is 18.9 Å². The van der Waals surface area contributed by atoms with E-state index in [4.69, 9.17) is 27.9 Å². The lowest BCUT2D eigenvalue weighted by molar-refractivity contribution is 0.206. The number of hydrogen-bond donors (Lipinski definition) is 1. The molecule has 0 saturated heterocycles. The summed E-state index contributed by atoms with van der Waals surface area (Å²) >= 11 is 12.0. The maximum Gasteiger partial charge on any atom is 0.122 e. The van der Waals surface area contributed by atoms with Gasteiger partial charge in [0.15, 0.2) is 0 Å². The van der Waals surface area contributed by atoms with Crippen molar-refractivity contribution in [3.05, 3.63) is 58.1 Å². The highest BCUT2D eigenvalue weighted by atomic mass is 35.5. The second-order valence-corrected chi connectivity index (χ2v) is 5.79. The summed E-state index contributed by atoms with van der Waals surface area (Å²) in [6.07, 6.45) is 2.08. The Kier molecular flexibility index (Phi) is 4.04. The highest BCUT2D eigenvalue weighted by Crippen LogP contribution is 2.27. The van der Waals surface area contributed by atoms with Gasteiger partial charge in [-0.15, -0.1) is 0 Å². The second-order valence-electron chi connectivity index (χ2n) is 4.92. The molecule has 0 saturated carbocycles. The van der Waals surface area contributed by atoms with Crippen LogP contribution < -0.4 is 10.1 Å². The summed E-state index contributed by atoms with van der Waals surface area (Å²) in [7, 11) is 0. The first kappa shape index (κ1) is 13.6. The molecule has 0 radical (unpaired) electrons. The fourth-order valence-corrected chi connectivity index (χ4v) is 2.95. The third kappa shape index (κ3) is 3.20. The molecule has 1 unspecified atom stereocenters. The largest absolute Gasteiger partial charge is 0.488 e. The number of fused-ring (bicyclic) bond motifs is 1. The quantitative estimate of drug-likeness (QED) is 0.860. The van der Waals surface area contributed by atoms with Crippen molar-refractivity contribution in [2.24, 2.45) is 0 Å². The van der Waals surface area contributed by atoms with Gasteiger partial charge in [0.1, 0.15) is 11.9 Å². The molecule has 1 aliphatic heterocycles. The number of benzene rings is 2. The second kappa shape index (κ2) is 5.94. The average molecular weight is 308 g/mol. The zero-order chi connectivity index (χ0) is 13.9. The van der Waals surface area contributed by atoms with Crippen LogP contribution in [0.4, 0.5) is 5.69 Å². The van der Waals surface area contributed by atoms with Crippen LogP contribution in [0.25, 0.3) is 0 Å². The molecule has 1 aliphatic rings. The molecule has 1 N–H and O–H groups in total. The summed E-state index contributed by atoms with van der Waals surface area (Å²) in [5.41, 5.74) is 2.53. The first-order valence-electron chi connectivity index (χ1n) is 6.65. The number of rotatable bonds is 2. The van der Waals surface area contributed by atoms with E-state index in [1.54, 1.807) is 18.2 Å². The van der Waals surface area contributed by atoms with E-state index in [0.29, 0.717) is 10.0 Å². The first-order chi connectivity index (χ1) is 9.70. The number of hydrogen-bond acceptors (Lipinski definition) is 2. The maximum atomic E-state index is 6.00. The summed E-state index contributed by atoms with van der Waals surface area (Å²) in [6, 6.07) is 13.7. The molecule has 104 valence electrons. The number of para-hydroxylation sites is 1. The molecule has 4 heteroatoms. The Morgan fingerprint density at radius 2 is 1.80 bits per heavy atom. The highest BCUT2D eigenvalue weighted by Gasteiger charge is 2.17. The molecular weight excluding hydrogens is 293 g/mol. The van der Waals surface area contributed by atoms with E-state index in [1.165, 1.54) is 11.3 Å². The van der Waals surface area contributed by atoms with Crippen LogP contribution >= 0.6 is 23.2 Å². The molecule has 20 heavy (non-hydrogen) atoms. The predicted octanol–water partition coefficient (Wildman–Crippen LogP) is 4.80. The van der Waals surface area contributed by atoms with E-state index in [-0.39, 0.29) is 6.10 Å². The van der Waals surface area contributed by atoms with Gasteiger partial charge >= 0.3 is 0 Å². The van der Waals surface area contributed by atoms with Crippen LogP contribution in [0.15, 0.2) is 42.5 Å². The monoisotopic (exact) mass is 307 g/mol. The molecule has 1 heterocycles. The molecule has 0 amide bonds. The molecule has 0 aromatic heterocycles. The van der Waals surface area contributed by atoms with E-state index >= 15 is 0 Å². The molecule has 2 aromatic rings. The molecule has 2 nitrogen and oxygen atoms in total. The lowest BCUT2D eigenvalue weighted by atomic mass is 10.1. The van der Waals surface area contributed by atoms with E-state index in [0.717, 1.165) is 25.1 Å². The average Bonchev–Trinajstić information content (AvgIpc) is 2.61. The number of nitrogens with one attached hydrogen (secondary N) is 1. The predicted molar refractivity (Wildman–Crippen MR) is 84.1 cm³/mol. The zero-order valence-corrected chi connectivity index (χ0v) is 12.4. The van der Waals surface area contributed by atoms with Crippen molar-refractivity contribution in [3.8, 4) is 5.75 Å². The third-order valence-electron chi connectivity index (χ3n) is 3.41. The van der Waals surface area contributed by atoms with Crippen LogP contribution in [0.2, 0.25) is 10.0 Å². The van der Waals surface area contributed by atoms with Gasteiger partial charge in [-0.05, 0) is 42.7 Å². The van der Waals surface area contributed by atoms with Gasteiger partial charge in [-0.3, -0.25) is 0 Å². The lowest BCUT2D eigenvalue weighted by Crippen LogP contribution is -2.24. The number of ether oxygens (including phenoxy) is 1. The number of anilines is 1. The highest BCUT2D eigenvalue weighted by molar-refractivity contribution is 6.34. The Hall–Kier alpha value is -1.38. The van der Waals surface area contributed by atoms with Crippen molar-refractivity contribution < 1.29 is 4.74 Å². The summed E-state index contributed by atoms with van der Waals surface area (Å²) in [6.45, 7) is 0.779. The summed E-state index contributed by atoms with van der Waals surface area (Å²) in [5, 5.41) is 4.62. The van der Waals surface area contributed by atoms with Gasteiger partial charge < -0.3 is 10.1 Å². The lowest BCUT2D eigenvalue weighted by Gasteiger charge is -2.17. The van der Waals surface area contributed by atoms with E-state index < -0.39 is 0 Å². The van der Waals surface area contributed by atoms with Gasteiger partial charge in [0.25, 0.3) is 0 Å². The summed E-state index contributed by atoms with van der Waals surface area (Å²) in [5.74, 6) is 0.722. The fraction of sp³-hybridized carbons (Fsp3) is 0.250. The summed E-state index contributed by atoms with van der Waals surface area (Å²) in [4.78, 5) is 0. The molecule has 0 spiro atoms. The van der Waals surface area contributed by atoms with E-state index in [9.17, 15) is 0 Å². The Morgan fingerprint density at radius 3 is 2.60 bits per heavy atom. The van der Waals surface area contributed by atoms with Gasteiger partial charge in [-0.2, -0.15) is 0 Å². The zero-order valence-electron chi connectivity index (χ0n) is 10.9. The molecule has 1 atom stereocenters. The van der Waals surface area contributed by atoms with Crippen LogP contribution in [0.5, 0.6) is 5.75 Å². The number of halogens is 2. The van der Waals surface area contributed by atoms with Crippen LogP contribution in [0.1, 0.15) is 12.0 Å². The molecule has 0 aliphatic carbocycles. The standard InChI is InChI=1S/C16H15Cl2NO/c17-12-7-13(18)9-15(8-12)20-14-6-5-11-3-1-2-4-16(11)19-10-14/h1-4,7-9,14,19H,5-6,10H2. The maximum absolute atomic E-state index is 6.00. The normalized spacial score (nSPS) is 17.8. The topological polar surface area (TPSA) is 21.3 Å². The molecule has 2 aromatic carbocycles. The molecule has 0 bridgehead atoms. The number of aryl methyl sites for hydroxylation is 1. The Bertz CT molecular complexity index is 568. The Balaban J connectivity index is 1.71. The fourth-order valence-electron chi connectivity index (χ4n) is 2.44. The minimum absolute atomic E-state index is 0.108. The third-order valence-corrected chi connectivity index (χ3v) is 3.85. The smallest absolute Gasteiger partial charge is 0.122 e. The van der Waals surface area contributed by atoms with Crippen LogP contribution in [-0.2, 0) is 6.42 Å². The molecular formula is C16H15Cl2NO. The van der Waals surface area contributed by atoms with Crippen molar-refractivity contribution in [2.75, 3.05) is 11.9 Å². The van der Waals surface area contributed by atoms with Gasteiger partial charge in [0, 0.05) is 15.7 Å². The first-order valence-corrected chi connectivity index (χ1v) is 7.41. The van der Waals surface area contributed by atoms with E-state index in [2.05, 4.69) is 23.5 Å². The van der Waals surface area contributed by atoms with Crippen molar-refractivity contribution >= 4 is 28.9 Å².